The van der Waals surface area contributed by atoms with Crippen LogP contribution in [0, 0.1) is 5.82 Å². The summed E-state index contributed by atoms with van der Waals surface area (Å²) in [6.07, 6.45) is 1.69. The molecular formula is C10H11BrFNO. The molecule has 0 bridgehead atoms. The Morgan fingerprint density at radius 3 is 3.07 bits per heavy atom. The summed E-state index contributed by atoms with van der Waals surface area (Å²) < 4.78 is 19.6. The molecule has 1 atom stereocenters. The van der Waals surface area contributed by atoms with Gasteiger partial charge in [-0.15, -0.1) is 0 Å². The van der Waals surface area contributed by atoms with Gasteiger partial charge in [0.1, 0.15) is 0 Å². The summed E-state index contributed by atoms with van der Waals surface area (Å²) in [5.74, 6) is -0.0232. The minimum atomic E-state index is -0.333. The second-order valence-electron chi connectivity index (χ2n) is 3.37. The van der Waals surface area contributed by atoms with Gasteiger partial charge in [-0.1, -0.05) is 15.9 Å². The lowest BCUT2D eigenvalue weighted by atomic mass is 10.0. The summed E-state index contributed by atoms with van der Waals surface area (Å²) in [7, 11) is 0. The van der Waals surface area contributed by atoms with Crippen molar-refractivity contribution in [2.24, 2.45) is 5.73 Å². The molecule has 14 heavy (non-hydrogen) atoms. The number of fused-ring (bicyclic) bond motifs is 1. The van der Waals surface area contributed by atoms with E-state index in [1.165, 1.54) is 6.07 Å². The van der Waals surface area contributed by atoms with E-state index in [4.69, 9.17) is 10.5 Å². The standard InChI is InChI=1S/C10H11BrFNO/c11-6-3-4-7(12)10-9(6)8(13)2-1-5-14-10/h3-4,8H,1-2,5,13H2. The fourth-order valence-electron chi connectivity index (χ4n) is 1.66. The molecule has 0 radical (unpaired) electrons. The molecule has 2 N–H and O–H groups in total. The van der Waals surface area contributed by atoms with Crippen molar-refractivity contribution in [1.82, 2.24) is 0 Å². The summed E-state index contributed by atoms with van der Waals surface area (Å²) in [6, 6.07) is 2.92. The lowest BCUT2D eigenvalue weighted by Crippen LogP contribution is -2.10. The molecule has 1 unspecified atom stereocenters. The van der Waals surface area contributed by atoms with E-state index in [9.17, 15) is 4.39 Å². The zero-order valence-corrected chi connectivity index (χ0v) is 9.18. The highest BCUT2D eigenvalue weighted by molar-refractivity contribution is 9.10. The van der Waals surface area contributed by atoms with Crippen LogP contribution in [0.4, 0.5) is 4.39 Å². The molecule has 0 spiro atoms. The molecule has 76 valence electrons. The Morgan fingerprint density at radius 2 is 2.29 bits per heavy atom. The first-order valence-corrected chi connectivity index (χ1v) is 5.35. The fraction of sp³-hybridized carbons (Fsp3) is 0.400. The Hall–Kier alpha value is -0.610. The van der Waals surface area contributed by atoms with Gasteiger partial charge in [-0.25, -0.2) is 4.39 Å². The fourth-order valence-corrected chi connectivity index (χ4v) is 2.27. The van der Waals surface area contributed by atoms with Crippen molar-refractivity contribution in [2.45, 2.75) is 18.9 Å². The number of ether oxygens (including phenoxy) is 1. The van der Waals surface area contributed by atoms with Crippen molar-refractivity contribution in [3.8, 4) is 5.75 Å². The van der Waals surface area contributed by atoms with Crippen molar-refractivity contribution < 1.29 is 9.13 Å². The summed E-state index contributed by atoms with van der Waals surface area (Å²) in [6.45, 7) is 0.536. The summed E-state index contributed by atoms with van der Waals surface area (Å²) in [5, 5.41) is 0. The van der Waals surface area contributed by atoms with Gasteiger partial charge in [0.05, 0.1) is 6.61 Å². The second kappa shape index (κ2) is 3.87. The normalized spacial score (nSPS) is 20.9. The molecular weight excluding hydrogens is 249 g/mol. The van der Waals surface area contributed by atoms with Crippen LogP contribution < -0.4 is 10.5 Å². The molecule has 1 aliphatic heterocycles. The molecule has 1 aromatic carbocycles. The molecule has 0 saturated carbocycles. The van der Waals surface area contributed by atoms with Gasteiger partial charge in [0.2, 0.25) is 0 Å². The van der Waals surface area contributed by atoms with Crippen molar-refractivity contribution in [3.05, 3.63) is 28.0 Å². The van der Waals surface area contributed by atoms with Crippen LogP contribution in [0.2, 0.25) is 0 Å². The highest BCUT2D eigenvalue weighted by Crippen LogP contribution is 2.37. The zero-order chi connectivity index (χ0) is 10.1. The third-order valence-electron chi connectivity index (χ3n) is 2.37. The summed E-state index contributed by atoms with van der Waals surface area (Å²) in [5.41, 5.74) is 6.69. The first kappa shape index (κ1) is 9.93. The largest absolute Gasteiger partial charge is 0.490 e. The van der Waals surface area contributed by atoms with Crippen LogP contribution in [0.3, 0.4) is 0 Å². The van der Waals surface area contributed by atoms with Crippen molar-refractivity contribution in [2.75, 3.05) is 6.61 Å². The van der Waals surface area contributed by atoms with Crippen LogP contribution in [0.25, 0.3) is 0 Å². The van der Waals surface area contributed by atoms with Gasteiger partial charge in [0.15, 0.2) is 11.6 Å². The molecule has 0 saturated heterocycles. The Bertz CT molecular complexity index is 356. The Morgan fingerprint density at radius 1 is 1.50 bits per heavy atom. The minimum absolute atomic E-state index is 0.141. The van der Waals surface area contributed by atoms with Crippen LogP contribution in [0.15, 0.2) is 16.6 Å². The maximum atomic E-state index is 13.4. The van der Waals surface area contributed by atoms with E-state index < -0.39 is 0 Å². The maximum Gasteiger partial charge on any atom is 0.165 e. The predicted octanol–water partition coefficient (Wildman–Crippen LogP) is 2.76. The average molecular weight is 260 g/mol. The van der Waals surface area contributed by atoms with E-state index in [-0.39, 0.29) is 11.9 Å². The SMILES string of the molecule is NC1CCCOc2c(F)ccc(Br)c21. The van der Waals surface area contributed by atoms with Gasteiger partial charge in [0, 0.05) is 16.1 Å². The average Bonchev–Trinajstić information content (AvgIpc) is 2.35. The molecule has 0 amide bonds. The van der Waals surface area contributed by atoms with Gasteiger partial charge < -0.3 is 10.5 Å². The Balaban J connectivity index is 2.57. The monoisotopic (exact) mass is 259 g/mol. The Labute approximate surface area is 90.4 Å². The van der Waals surface area contributed by atoms with E-state index >= 15 is 0 Å². The van der Waals surface area contributed by atoms with E-state index in [1.54, 1.807) is 6.07 Å². The third kappa shape index (κ3) is 1.64. The molecule has 4 heteroatoms. The predicted molar refractivity (Wildman–Crippen MR) is 55.8 cm³/mol. The molecule has 0 aliphatic carbocycles. The van der Waals surface area contributed by atoms with Crippen molar-refractivity contribution >= 4 is 15.9 Å². The molecule has 2 rings (SSSR count). The number of halogens is 2. The topological polar surface area (TPSA) is 35.2 Å². The quantitative estimate of drug-likeness (QED) is 0.778. The van der Waals surface area contributed by atoms with Gasteiger partial charge in [0.25, 0.3) is 0 Å². The molecule has 2 nitrogen and oxygen atoms in total. The smallest absolute Gasteiger partial charge is 0.165 e. The van der Waals surface area contributed by atoms with E-state index in [0.29, 0.717) is 12.4 Å². The van der Waals surface area contributed by atoms with E-state index in [1.807, 2.05) is 0 Å². The maximum absolute atomic E-state index is 13.4. The summed E-state index contributed by atoms with van der Waals surface area (Å²) in [4.78, 5) is 0. The zero-order valence-electron chi connectivity index (χ0n) is 7.59. The molecule has 0 fully saturated rings. The summed E-state index contributed by atoms with van der Waals surface area (Å²) >= 11 is 3.36. The number of rotatable bonds is 0. The first-order valence-electron chi connectivity index (χ1n) is 4.56. The molecule has 1 aromatic rings. The van der Waals surface area contributed by atoms with Crippen molar-refractivity contribution in [1.29, 1.82) is 0 Å². The van der Waals surface area contributed by atoms with Gasteiger partial charge >= 0.3 is 0 Å². The van der Waals surface area contributed by atoms with Gasteiger partial charge in [-0.2, -0.15) is 0 Å². The number of nitrogens with two attached hydrogens (primary N) is 1. The molecule has 0 aromatic heterocycles. The Kier molecular flexibility index (Phi) is 2.74. The first-order chi connectivity index (χ1) is 6.70. The number of benzene rings is 1. The van der Waals surface area contributed by atoms with Crippen LogP contribution in [-0.4, -0.2) is 6.61 Å². The van der Waals surface area contributed by atoms with E-state index in [0.717, 1.165) is 22.9 Å². The number of hydrogen-bond acceptors (Lipinski definition) is 2. The van der Waals surface area contributed by atoms with Gasteiger partial charge in [-0.3, -0.25) is 0 Å². The number of hydrogen-bond donors (Lipinski definition) is 1. The van der Waals surface area contributed by atoms with E-state index in [2.05, 4.69) is 15.9 Å². The third-order valence-corrected chi connectivity index (χ3v) is 3.06. The lowest BCUT2D eigenvalue weighted by molar-refractivity contribution is 0.301. The van der Waals surface area contributed by atoms with Crippen LogP contribution in [-0.2, 0) is 0 Å². The second-order valence-corrected chi connectivity index (χ2v) is 4.22. The minimum Gasteiger partial charge on any atom is -0.490 e. The van der Waals surface area contributed by atoms with Gasteiger partial charge in [-0.05, 0) is 25.0 Å². The van der Waals surface area contributed by atoms with Crippen LogP contribution in [0.5, 0.6) is 5.75 Å². The van der Waals surface area contributed by atoms with Crippen molar-refractivity contribution in [3.63, 3.8) is 0 Å². The molecule has 1 heterocycles. The lowest BCUT2D eigenvalue weighted by Gasteiger charge is -2.14. The molecule has 1 aliphatic rings. The highest BCUT2D eigenvalue weighted by Gasteiger charge is 2.22. The highest BCUT2D eigenvalue weighted by atomic mass is 79.9. The van der Waals surface area contributed by atoms with Crippen LogP contribution in [0.1, 0.15) is 24.4 Å². The van der Waals surface area contributed by atoms with Crippen LogP contribution >= 0.6 is 15.9 Å².